The van der Waals surface area contributed by atoms with Gasteiger partial charge in [-0.25, -0.2) is 9.97 Å². The first-order chi connectivity index (χ1) is 16.6. The van der Waals surface area contributed by atoms with Crippen LogP contribution in [0.5, 0.6) is 11.5 Å². The minimum atomic E-state index is -5.84. The van der Waals surface area contributed by atoms with E-state index in [1.54, 1.807) is 36.4 Å². The number of pyridine rings is 2. The Balaban J connectivity index is 0.000000286. The average Bonchev–Trinajstić information content (AvgIpc) is 2.78. The summed E-state index contributed by atoms with van der Waals surface area (Å²) in [4.78, 5) is 28.5. The second-order valence-corrected chi connectivity index (χ2v) is 8.00. The fraction of sp³-hybridized carbons (Fsp3) is 0.0476. The molecule has 0 amide bonds. The number of hydrogen-bond donors (Lipinski definition) is 3. The molecule has 0 unspecified atom stereocenters. The van der Waals surface area contributed by atoms with Crippen LogP contribution in [0.25, 0.3) is 21.8 Å². The van der Waals surface area contributed by atoms with Gasteiger partial charge in [-0.05, 0) is 24.3 Å². The van der Waals surface area contributed by atoms with Gasteiger partial charge in [-0.2, -0.15) is 21.6 Å². The minimum Gasteiger partial charge on any atom is -0.543 e. The van der Waals surface area contributed by atoms with E-state index in [4.69, 9.17) is 13.0 Å². The van der Waals surface area contributed by atoms with E-state index in [0.29, 0.717) is 10.8 Å². The van der Waals surface area contributed by atoms with Crippen molar-refractivity contribution in [2.45, 2.75) is 5.51 Å². The Kier molecular flexibility index (Phi) is 10.3. The van der Waals surface area contributed by atoms with E-state index in [9.17, 15) is 43.2 Å². The van der Waals surface area contributed by atoms with Gasteiger partial charge in [0.25, 0.3) is 0 Å². The Hall–Kier alpha value is -3.98. The van der Waals surface area contributed by atoms with Crippen LogP contribution >= 0.6 is 0 Å². The number of carboxylic acids is 2. The summed E-state index contributed by atoms with van der Waals surface area (Å²) in [6, 6.07) is 15.6. The van der Waals surface area contributed by atoms with Crippen LogP contribution in [-0.4, -0.2) is 50.6 Å². The van der Waals surface area contributed by atoms with Gasteiger partial charge in [0.2, 0.25) is 0 Å². The second kappa shape index (κ2) is 12.3. The van der Waals surface area contributed by atoms with Crippen LogP contribution in [0.15, 0.2) is 60.7 Å². The molecule has 2 heterocycles. The number of aromatic hydroxyl groups is 2. The molecule has 4 rings (SSSR count). The molecule has 1 radical (unpaired) electrons. The van der Waals surface area contributed by atoms with E-state index >= 15 is 0 Å². The molecule has 11 nitrogen and oxygen atoms in total. The number of benzene rings is 2. The molecule has 2 aromatic carbocycles. The van der Waals surface area contributed by atoms with Gasteiger partial charge in [0.15, 0.2) is 0 Å². The number of carboxylic acid groups (broad SMARTS) is 2. The minimum absolute atomic E-state index is 0. The van der Waals surface area contributed by atoms with Gasteiger partial charge in [-0.1, -0.05) is 36.4 Å². The maximum absolute atomic E-state index is 10.7. The third kappa shape index (κ3) is 8.28. The van der Waals surface area contributed by atoms with Crippen LogP contribution in [0.2, 0.25) is 0 Å². The zero-order valence-corrected chi connectivity index (χ0v) is 19.6. The zero-order valence-electron chi connectivity index (χ0n) is 17.8. The molecule has 0 aliphatic heterocycles. The van der Waals surface area contributed by atoms with Crippen molar-refractivity contribution < 1.29 is 73.2 Å². The number of carbonyl (C=O) groups excluding carboxylic acids is 2. The first-order valence-electron chi connectivity index (χ1n) is 9.25. The predicted molar refractivity (Wildman–Crippen MR) is 113 cm³/mol. The molecule has 0 atom stereocenters. The van der Waals surface area contributed by atoms with Crippen molar-refractivity contribution in [1.29, 1.82) is 0 Å². The molecule has 4 aromatic rings. The molecule has 2 aromatic heterocycles. The number of aromatic nitrogens is 2. The van der Waals surface area contributed by atoms with Crippen LogP contribution in [0.3, 0.4) is 0 Å². The Morgan fingerprint density at radius 3 is 1.32 bits per heavy atom. The van der Waals surface area contributed by atoms with Crippen molar-refractivity contribution in [3.8, 4) is 11.5 Å². The maximum Gasteiger partial charge on any atom is 2.00 e. The quantitative estimate of drug-likeness (QED) is 0.171. The first kappa shape index (κ1) is 31.0. The summed E-state index contributed by atoms with van der Waals surface area (Å²) in [5.41, 5.74) is -5.35. The topological polar surface area (TPSA) is 201 Å². The fourth-order valence-electron chi connectivity index (χ4n) is 2.49. The van der Waals surface area contributed by atoms with Crippen molar-refractivity contribution in [3.63, 3.8) is 0 Å². The van der Waals surface area contributed by atoms with Crippen LogP contribution < -0.4 is 10.2 Å². The molecule has 37 heavy (non-hydrogen) atoms. The molecular formula is C21H13CuF3N2O9S. The molecule has 0 bridgehead atoms. The van der Waals surface area contributed by atoms with Crippen LogP contribution in [-0.2, 0) is 27.2 Å². The molecule has 3 N–H and O–H groups in total. The van der Waals surface area contributed by atoms with Crippen molar-refractivity contribution in [2.24, 2.45) is 0 Å². The number of aromatic carboxylic acids is 2. The van der Waals surface area contributed by atoms with Crippen molar-refractivity contribution in [1.82, 2.24) is 9.97 Å². The van der Waals surface area contributed by atoms with Gasteiger partial charge in [0, 0.05) is 10.8 Å². The Bertz CT molecular complexity index is 1450. The Morgan fingerprint density at radius 2 is 1.05 bits per heavy atom. The first-order valence-corrected chi connectivity index (χ1v) is 10.7. The van der Waals surface area contributed by atoms with Crippen molar-refractivity contribution >= 4 is 43.9 Å². The molecule has 0 saturated heterocycles. The van der Waals surface area contributed by atoms with Gasteiger partial charge in [-0.3, -0.25) is 4.55 Å². The molecule has 0 spiro atoms. The average molecular weight is 590 g/mol. The number of alkyl halides is 3. The largest absolute Gasteiger partial charge is 2.00 e. The van der Waals surface area contributed by atoms with E-state index in [2.05, 4.69) is 9.97 Å². The molecule has 0 saturated carbocycles. The summed E-state index contributed by atoms with van der Waals surface area (Å²) < 4.78 is 57.5. The van der Waals surface area contributed by atoms with Gasteiger partial charge in [0.1, 0.15) is 22.5 Å². The standard InChI is InChI=1S/2C10H7NO3.CHF3O3S.Cu/c2*12-8-3-1-2-6-4-5-7(10(13)14)11-9(6)8;2-1(3,4)8(5,6)7;/h2*1-5,12H,(H,13,14);(H,5,6,7);/q;;;+2/p-2. The van der Waals surface area contributed by atoms with Crippen LogP contribution in [0.1, 0.15) is 21.0 Å². The van der Waals surface area contributed by atoms with Gasteiger partial charge < -0.3 is 30.0 Å². The monoisotopic (exact) mass is 589 g/mol. The number of carbonyl (C=O) groups is 2. The Labute approximate surface area is 216 Å². The second-order valence-electron chi connectivity index (χ2n) is 6.59. The normalized spacial score (nSPS) is 10.8. The van der Waals surface area contributed by atoms with E-state index in [1.165, 1.54) is 24.3 Å². The predicted octanol–water partition coefficient (Wildman–Crippen LogP) is 0.999. The molecular weight excluding hydrogens is 577 g/mol. The SMILES string of the molecule is O=C([O-])c1ccc2cccc(O)c2n1.O=C([O-])c1ccc2cccc(O)c2n1.O=S(=O)(O)C(F)(F)F.[Cu+2]. The Morgan fingerprint density at radius 1 is 0.730 bits per heavy atom. The number of phenols is 2. The number of fused-ring (bicyclic) bond motifs is 2. The number of halogens is 3. The summed E-state index contributed by atoms with van der Waals surface area (Å²) >= 11 is 0. The summed E-state index contributed by atoms with van der Waals surface area (Å²) in [7, 11) is -5.84. The van der Waals surface area contributed by atoms with E-state index in [-0.39, 0.29) is 51.0 Å². The third-order valence-electron chi connectivity index (χ3n) is 4.11. The number of rotatable bonds is 2. The molecule has 199 valence electrons. The number of para-hydroxylation sites is 2. The smallest absolute Gasteiger partial charge is 0.543 e. The van der Waals surface area contributed by atoms with Crippen LogP contribution in [0.4, 0.5) is 13.2 Å². The molecule has 0 aliphatic rings. The number of hydrogen-bond acceptors (Lipinski definition) is 10. The molecule has 16 heteroatoms. The van der Waals surface area contributed by atoms with Gasteiger partial charge in [0.05, 0.1) is 23.3 Å². The number of nitrogens with zero attached hydrogens (tertiary/aromatic N) is 2. The van der Waals surface area contributed by atoms with Crippen LogP contribution in [0, 0.1) is 0 Å². The van der Waals surface area contributed by atoms with E-state index in [0.717, 1.165) is 0 Å². The van der Waals surface area contributed by atoms with Gasteiger partial charge >= 0.3 is 32.7 Å². The van der Waals surface area contributed by atoms with E-state index < -0.39 is 27.6 Å². The fourth-order valence-corrected chi connectivity index (χ4v) is 2.49. The maximum atomic E-state index is 10.7. The zero-order chi connectivity index (χ0) is 27.3. The van der Waals surface area contributed by atoms with E-state index in [1.807, 2.05) is 0 Å². The summed E-state index contributed by atoms with van der Waals surface area (Å²) in [5, 5.41) is 41.2. The summed E-state index contributed by atoms with van der Waals surface area (Å²) in [6.45, 7) is 0. The number of phenolic OH excluding ortho intramolecular Hbond substituents is 2. The molecule has 0 aliphatic carbocycles. The molecule has 0 fully saturated rings. The van der Waals surface area contributed by atoms with Crippen molar-refractivity contribution in [2.75, 3.05) is 0 Å². The summed E-state index contributed by atoms with van der Waals surface area (Å²) in [6.07, 6.45) is 0. The van der Waals surface area contributed by atoms with Gasteiger partial charge in [-0.15, -0.1) is 0 Å². The summed E-state index contributed by atoms with van der Waals surface area (Å²) in [5.74, 6) is -2.78. The third-order valence-corrected chi connectivity index (χ3v) is 4.69. The van der Waals surface area contributed by atoms with Crippen molar-refractivity contribution in [3.05, 3.63) is 72.1 Å².